The lowest BCUT2D eigenvalue weighted by Crippen LogP contribution is -2.01. The maximum atomic E-state index is 13.1. The predicted molar refractivity (Wildman–Crippen MR) is 110 cm³/mol. The van der Waals surface area contributed by atoms with E-state index in [1.165, 1.54) is 25.3 Å². The van der Waals surface area contributed by atoms with Crippen LogP contribution in [-0.2, 0) is 16.1 Å². The molecule has 0 aliphatic rings. The number of terminal acetylenes is 1. The van der Waals surface area contributed by atoms with Gasteiger partial charge in [0.15, 0.2) is 18.1 Å². The fraction of sp³-hybridized carbons (Fsp3) is 0.150. The first-order chi connectivity index (χ1) is 12.9. The van der Waals surface area contributed by atoms with Gasteiger partial charge in [-0.3, -0.25) is 0 Å². The molecule has 0 aromatic heterocycles. The molecule has 27 heavy (non-hydrogen) atoms. The Labute approximate surface area is 175 Å². The second-order valence-electron chi connectivity index (χ2n) is 5.20. The standard InChI is InChI=1S/C20H15ClFIO4/c1-3-8-26-19(24)7-4-13-9-17(23)20(18(10-13)25-2)27-12-14-5-6-15(22)11-16(14)21/h1,4-7,9-11H,8,12H2,2H3/b7-4+. The van der Waals surface area contributed by atoms with Crippen LogP contribution in [0.5, 0.6) is 11.5 Å². The molecule has 0 amide bonds. The van der Waals surface area contributed by atoms with E-state index in [1.807, 2.05) is 6.07 Å². The van der Waals surface area contributed by atoms with Crippen molar-refractivity contribution in [2.45, 2.75) is 6.61 Å². The van der Waals surface area contributed by atoms with Gasteiger partial charge >= 0.3 is 5.97 Å². The lowest BCUT2D eigenvalue weighted by Gasteiger charge is -2.14. The average Bonchev–Trinajstić information content (AvgIpc) is 2.64. The fourth-order valence-corrected chi connectivity index (χ4v) is 3.09. The number of halogens is 3. The molecule has 0 aliphatic heterocycles. The number of methoxy groups -OCH3 is 1. The van der Waals surface area contributed by atoms with Crippen LogP contribution in [0.4, 0.5) is 4.39 Å². The molecule has 0 bridgehead atoms. The summed E-state index contributed by atoms with van der Waals surface area (Å²) in [5, 5.41) is 0.286. The van der Waals surface area contributed by atoms with Crippen molar-refractivity contribution < 1.29 is 23.4 Å². The smallest absolute Gasteiger partial charge is 0.331 e. The first kappa shape index (κ1) is 21.1. The highest BCUT2D eigenvalue weighted by molar-refractivity contribution is 14.1. The van der Waals surface area contributed by atoms with Crippen LogP contribution in [0, 0.1) is 21.7 Å². The van der Waals surface area contributed by atoms with Crippen LogP contribution in [0.2, 0.25) is 5.02 Å². The molecule has 0 saturated carbocycles. The highest BCUT2D eigenvalue weighted by atomic mass is 127. The molecule has 0 heterocycles. The first-order valence-electron chi connectivity index (χ1n) is 7.67. The van der Waals surface area contributed by atoms with Crippen molar-refractivity contribution in [3.05, 3.63) is 61.9 Å². The topological polar surface area (TPSA) is 44.8 Å². The van der Waals surface area contributed by atoms with E-state index in [0.717, 1.165) is 9.13 Å². The van der Waals surface area contributed by atoms with Crippen LogP contribution in [0.1, 0.15) is 11.1 Å². The number of hydrogen-bond donors (Lipinski definition) is 0. The van der Waals surface area contributed by atoms with E-state index in [-0.39, 0.29) is 18.2 Å². The Bertz CT molecular complexity index is 906. The van der Waals surface area contributed by atoms with Crippen molar-refractivity contribution in [3.8, 4) is 23.8 Å². The number of hydrogen-bond acceptors (Lipinski definition) is 4. The Hall–Kier alpha value is -2.24. The lowest BCUT2D eigenvalue weighted by atomic mass is 10.2. The highest BCUT2D eigenvalue weighted by Crippen LogP contribution is 2.35. The zero-order valence-electron chi connectivity index (χ0n) is 14.3. The van der Waals surface area contributed by atoms with Crippen LogP contribution >= 0.6 is 34.2 Å². The van der Waals surface area contributed by atoms with E-state index in [9.17, 15) is 9.18 Å². The van der Waals surface area contributed by atoms with Gasteiger partial charge in [0.25, 0.3) is 0 Å². The molecular weight excluding hydrogens is 486 g/mol. The number of rotatable bonds is 7. The van der Waals surface area contributed by atoms with Gasteiger partial charge in [-0.05, 0) is 58.5 Å². The molecule has 0 unspecified atom stereocenters. The van der Waals surface area contributed by atoms with Gasteiger partial charge in [0.2, 0.25) is 0 Å². The zero-order chi connectivity index (χ0) is 19.8. The minimum Gasteiger partial charge on any atom is -0.493 e. The van der Waals surface area contributed by atoms with Crippen LogP contribution in [0.15, 0.2) is 36.4 Å². The molecule has 2 rings (SSSR count). The van der Waals surface area contributed by atoms with Crippen LogP contribution < -0.4 is 9.47 Å². The SMILES string of the molecule is C#CCOC(=O)/C=C/c1cc(I)c(OCc2ccc(F)cc2Cl)c(OC)c1. The Morgan fingerprint density at radius 2 is 2.15 bits per heavy atom. The minimum absolute atomic E-state index is 0.0806. The zero-order valence-corrected chi connectivity index (χ0v) is 17.2. The Kier molecular flexibility index (Phi) is 7.95. The molecule has 7 heteroatoms. The fourth-order valence-electron chi connectivity index (χ4n) is 2.09. The van der Waals surface area contributed by atoms with E-state index in [2.05, 4.69) is 28.5 Å². The van der Waals surface area contributed by atoms with E-state index < -0.39 is 11.8 Å². The molecule has 0 aliphatic carbocycles. The van der Waals surface area contributed by atoms with Gasteiger partial charge in [-0.25, -0.2) is 9.18 Å². The van der Waals surface area contributed by atoms with E-state index in [1.54, 1.807) is 18.2 Å². The van der Waals surface area contributed by atoms with Gasteiger partial charge in [-0.1, -0.05) is 23.6 Å². The summed E-state index contributed by atoms with van der Waals surface area (Å²) in [4.78, 5) is 11.5. The van der Waals surface area contributed by atoms with Gasteiger partial charge < -0.3 is 14.2 Å². The van der Waals surface area contributed by atoms with Gasteiger partial charge in [0.05, 0.1) is 15.7 Å². The normalized spacial score (nSPS) is 10.5. The third-order valence-corrected chi connectivity index (χ3v) is 4.50. The van der Waals surface area contributed by atoms with Crippen molar-refractivity contribution in [1.82, 2.24) is 0 Å². The quantitative estimate of drug-likeness (QED) is 0.236. The molecular formula is C20H15ClFIO4. The second-order valence-corrected chi connectivity index (χ2v) is 6.77. The Balaban J connectivity index is 2.17. The highest BCUT2D eigenvalue weighted by Gasteiger charge is 2.12. The summed E-state index contributed by atoms with van der Waals surface area (Å²) in [6, 6.07) is 7.65. The van der Waals surface area contributed by atoms with Crippen LogP contribution in [0.25, 0.3) is 6.08 Å². The van der Waals surface area contributed by atoms with Crippen molar-refractivity contribution in [2.24, 2.45) is 0 Å². The third-order valence-electron chi connectivity index (χ3n) is 3.35. The summed E-state index contributed by atoms with van der Waals surface area (Å²) < 4.78 is 29.9. The summed E-state index contributed by atoms with van der Waals surface area (Å²) >= 11 is 8.12. The summed E-state index contributed by atoms with van der Waals surface area (Å²) in [5.41, 5.74) is 1.37. The molecule has 4 nitrogen and oxygen atoms in total. The number of carbonyl (C=O) groups is 1. The van der Waals surface area contributed by atoms with E-state index >= 15 is 0 Å². The molecule has 2 aromatic rings. The molecule has 0 N–H and O–H groups in total. The summed E-state index contributed by atoms with van der Waals surface area (Å²) in [7, 11) is 1.51. The maximum Gasteiger partial charge on any atom is 0.331 e. The van der Waals surface area contributed by atoms with Crippen molar-refractivity contribution >= 4 is 46.2 Å². The molecule has 0 fully saturated rings. The molecule has 0 atom stereocenters. The van der Waals surface area contributed by atoms with E-state index in [4.69, 9.17) is 32.2 Å². The first-order valence-corrected chi connectivity index (χ1v) is 9.12. The molecule has 2 aromatic carbocycles. The van der Waals surface area contributed by atoms with Gasteiger partial charge in [0, 0.05) is 11.6 Å². The largest absolute Gasteiger partial charge is 0.493 e. The van der Waals surface area contributed by atoms with Gasteiger partial charge in [-0.15, -0.1) is 6.42 Å². The van der Waals surface area contributed by atoms with Crippen LogP contribution in [0.3, 0.4) is 0 Å². The van der Waals surface area contributed by atoms with Gasteiger partial charge in [0.1, 0.15) is 12.4 Å². The lowest BCUT2D eigenvalue weighted by molar-refractivity contribution is -0.136. The van der Waals surface area contributed by atoms with Crippen molar-refractivity contribution in [3.63, 3.8) is 0 Å². The Morgan fingerprint density at radius 1 is 1.37 bits per heavy atom. The minimum atomic E-state index is -0.534. The number of carbonyl (C=O) groups excluding carboxylic acids is 1. The molecule has 0 radical (unpaired) electrons. The number of benzene rings is 2. The molecule has 0 saturated heterocycles. The maximum absolute atomic E-state index is 13.1. The third kappa shape index (κ3) is 6.15. The summed E-state index contributed by atoms with van der Waals surface area (Å²) in [6.45, 7) is 0.0713. The monoisotopic (exact) mass is 500 g/mol. The second kappa shape index (κ2) is 10.2. The summed E-state index contributed by atoms with van der Waals surface area (Å²) in [6.07, 6.45) is 7.90. The molecule has 0 spiro atoms. The number of esters is 1. The van der Waals surface area contributed by atoms with Crippen molar-refractivity contribution in [2.75, 3.05) is 13.7 Å². The predicted octanol–water partition coefficient (Wildman–Crippen LogP) is 4.86. The molecule has 140 valence electrons. The average molecular weight is 501 g/mol. The summed E-state index contributed by atoms with van der Waals surface area (Å²) in [5.74, 6) is 2.28. The number of ether oxygens (including phenoxy) is 3. The van der Waals surface area contributed by atoms with E-state index in [0.29, 0.717) is 17.1 Å². The Morgan fingerprint density at radius 3 is 2.81 bits per heavy atom. The van der Waals surface area contributed by atoms with Crippen molar-refractivity contribution in [1.29, 1.82) is 0 Å². The van der Waals surface area contributed by atoms with Gasteiger partial charge in [-0.2, -0.15) is 0 Å². The van der Waals surface area contributed by atoms with Crippen LogP contribution in [-0.4, -0.2) is 19.7 Å².